The van der Waals surface area contributed by atoms with Crippen molar-refractivity contribution < 1.29 is 5.11 Å². The number of nitriles is 1. The van der Waals surface area contributed by atoms with Crippen molar-refractivity contribution in [3.05, 3.63) is 34.3 Å². The first-order valence-electron chi connectivity index (χ1n) is 6.74. The van der Waals surface area contributed by atoms with Crippen LogP contribution in [-0.2, 0) is 5.60 Å². The fourth-order valence-corrected chi connectivity index (χ4v) is 2.87. The molecule has 1 N–H and O–H groups in total. The summed E-state index contributed by atoms with van der Waals surface area (Å²) in [6, 6.07) is 7.28. The Morgan fingerprint density at radius 2 is 2.11 bits per heavy atom. The van der Waals surface area contributed by atoms with E-state index < -0.39 is 5.60 Å². The van der Waals surface area contributed by atoms with Crippen LogP contribution in [0.25, 0.3) is 0 Å². The summed E-state index contributed by atoms with van der Waals surface area (Å²) in [5.41, 5.74) is 0.479. The third-order valence-corrected chi connectivity index (χ3v) is 4.16. The van der Waals surface area contributed by atoms with Crippen LogP contribution in [0.15, 0.2) is 18.2 Å². The van der Waals surface area contributed by atoms with Gasteiger partial charge in [-0.15, -0.1) is 0 Å². The van der Waals surface area contributed by atoms with Crippen LogP contribution in [0.2, 0.25) is 5.02 Å². The van der Waals surface area contributed by atoms with Crippen LogP contribution in [-0.4, -0.2) is 29.6 Å². The van der Waals surface area contributed by atoms with Crippen molar-refractivity contribution >= 4 is 11.6 Å². The molecule has 0 spiro atoms. The predicted molar refractivity (Wildman–Crippen MR) is 76.0 cm³/mol. The van der Waals surface area contributed by atoms with E-state index in [1.165, 1.54) is 0 Å². The van der Waals surface area contributed by atoms with Gasteiger partial charge in [0.05, 0.1) is 16.2 Å². The molecule has 0 aliphatic carbocycles. The second-order valence-corrected chi connectivity index (χ2v) is 5.59. The topological polar surface area (TPSA) is 47.3 Å². The highest BCUT2D eigenvalue weighted by Gasteiger charge is 2.33. The molecule has 0 aromatic heterocycles. The molecule has 0 amide bonds. The lowest BCUT2D eigenvalue weighted by atomic mass is 9.84. The van der Waals surface area contributed by atoms with Crippen LogP contribution in [0.5, 0.6) is 0 Å². The predicted octanol–water partition coefficient (Wildman–Crippen LogP) is 2.91. The maximum atomic E-state index is 10.7. The first-order valence-corrected chi connectivity index (χ1v) is 7.12. The fraction of sp³-hybridized carbons (Fsp3) is 0.533. The second kappa shape index (κ2) is 5.92. The number of piperidine rings is 1. The summed E-state index contributed by atoms with van der Waals surface area (Å²) in [5.74, 6) is 0. The van der Waals surface area contributed by atoms with Gasteiger partial charge in [0.25, 0.3) is 0 Å². The van der Waals surface area contributed by atoms with E-state index in [-0.39, 0.29) is 0 Å². The van der Waals surface area contributed by atoms with E-state index in [0.717, 1.165) is 44.5 Å². The molecule has 19 heavy (non-hydrogen) atoms. The van der Waals surface area contributed by atoms with Crippen LogP contribution in [0, 0.1) is 11.3 Å². The number of nitrogens with zero attached hydrogens (tertiary/aromatic N) is 2. The zero-order valence-corrected chi connectivity index (χ0v) is 12.0. The summed E-state index contributed by atoms with van der Waals surface area (Å²) < 4.78 is 0. The van der Waals surface area contributed by atoms with E-state index in [2.05, 4.69) is 11.8 Å². The molecular formula is C15H19ClN2O. The third-order valence-electron chi connectivity index (χ3n) is 3.85. The molecule has 1 heterocycles. The highest BCUT2D eigenvalue weighted by atomic mass is 35.5. The molecular weight excluding hydrogens is 260 g/mol. The van der Waals surface area contributed by atoms with Crippen molar-refractivity contribution in [3.8, 4) is 6.07 Å². The van der Waals surface area contributed by atoms with Gasteiger partial charge in [-0.05, 0) is 43.5 Å². The van der Waals surface area contributed by atoms with Gasteiger partial charge in [-0.25, -0.2) is 0 Å². The van der Waals surface area contributed by atoms with Crippen molar-refractivity contribution in [3.63, 3.8) is 0 Å². The summed E-state index contributed by atoms with van der Waals surface area (Å²) in [6.45, 7) is 5.06. The minimum atomic E-state index is -0.804. The summed E-state index contributed by atoms with van der Waals surface area (Å²) in [6.07, 6.45) is 2.57. The van der Waals surface area contributed by atoms with Gasteiger partial charge < -0.3 is 10.0 Å². The fourth-order valence-electron chi connectivity index (χ4n) is 2.65. The standard InChI is InChI=1S/C15H19ClN2O/c1-2-7-18-8-5-15(19,6-9-18)13-4-3-12(11-17)14(16)10-13/h3-4,10,19H,2,5-9H2,1H3. The summed E-state index contributed by atoms with van der Waals surface area (Å²) >= 11 is 6.05. The smallest absolute Gasteiger partial charge is 0.101 e. The monoisotopic (exact) mass is 278 g/mol. The number of aliphatic hydroxyl groups is 1. The Hall–Kier alpha value is -1.08. The maximum Gasteiger partial charge on any atom is 0.101 e. The van der Waals surface area contributed by atoms with Crippen LogP contribution in [0.4, 0.5) is 0 Å². The molecule has 1 aromatic rings. The van der Waals surface area contributed by atoms with Crippen molar-refractivity contribution in [2.75, 3.05) is 19.6 Å². The van der Waals surface area contributed by atoms with E-state index >= 15 is 0 Å². The van der Waals surface area contributed by atoms with Gasteiger partial charge in [0, 0.05) is 13.1 Å². The molecule has 0 radical (unpaired) electrons. The summed E-state index contributed by atoms with van der Waals surface area (Å²) in [4.78, 5) is 2.37. The van der Waals surface area contributed by atoms with Gasteiger partial charge in [-0.1, -0.05) is 24.6 Å². The highest BCUT2D eigenvalue weighted by Crippen LogP contribution is 2.34. The lowest BCUT2D eigenvalue weighted by Crippen LogP contribution is -2.42. The normalized spacial score (nSPS) is 19.1. The highest BCUT2D eigenvalue weighted by molar-refractivity contribution is 6.31. The van der Waals surface area contributed by atoms with Crippen molar-refractivity contribution in [2.45, 2.75) is 31.8 Å². The SMILES string of the molecule is CCCN1CCC(O)(c2ccc(C#N)c(Cl)c2)CC1. The molecule has 102 valence electrons. The van der Waals surface area contributed by atoms with Crippen LogP contribution in [0.1, 0.15) is 37.3 Å². The first kappa shape index (κ1) is 14.3. The van der Waals surface area contributed by atoms with E-state index in [1.807, 2.05) is 12.1 Å². The molecule has 4 heteroatoms. The number of benzene rings is 1. The Bertz CT molecular complexity index is 487. The lowest BCUT2D eigenvalue weighted by Gasteiger charge is -2.38. The number of hydrogen-bond donors (Lipinski definition) is 1. The Labute approximate surface area is 119 Å². The average molecular weight is 279 g/mol. The van der Waals surface area contributed by atoms with Crippen LogP contribution in [0.3, 0.4) is 0 Å². The van der Waals surface area contributed by atoms with Gasteiger partial charge in [-0.3, -0.25) is 0 Å². The Kier molecular flexibility index (Phi) is 4.46. The minimum absolute atomic E-state index is 0.421. The van der Waals surface area contributed by atoms with E-state index in [0.29, 0.717) is 10.6 Å². The lowest BCUT2D eigenvalue weighted by molar-refractivity contribution is -0.0257. The van der Waals surface area contributed by atoms with Crippen molar-refractivity contribution in [1.82, 2.24) is 4.90 Å². The van der Waals surface area contributed by atoms with E-state index in [4.69, 9.17) is 16.9 Å². The van der Waals surface area contributed by atoms with Gasteiger partial charge in [0.1, 0.15) is 6.07 Å². The molecule has 3 nitrogen and oxygen atoms in total. The van der Waals surface area contributed by atoms with Crippen LogP contribution < -0.4 is 0 Å². The van der Waals surface area contributed by atoms with E-state index in [9.17, 15) is 5.11 Å². The van der Waals surface area contributed by atoms with Crippen molar-refractivity contribution in [2.24, 2.45) is 0 Å². The van der Waals surface area contributed by atoms with Gasteiger partial charge in [-0.2, -0.15) is 5.26 Å². The zero-order chi connectivity index (χ0) is 13.9. The van der Waals surface area contributed by atoms with Gasteiger partial charge in [0.2, 0.25) is 0 Å². The maximum absolute atomic E-state index is 10.7. The number of halogens is 1. The van der Waals surface area contributed by atoms with Crippen LogP contribution >= 0.6 is 11.6 Å². The minimum Gasteiger partial charge on any atom is -0.385 e. The molecule has 1 fully saturated rings. The number of hydrogen-bond acceptors (Lipinski definition) is 3. The zero-order valence-electron chi connectivity index (χ0n) is 11.2. The average Bonchev–Trinajstić information content (AvgIpc) is 2.42. The molecule has 2 rings (SSSR count). The molecule has 0 bridgehead atoms. The van der Waals surface area contributed by atoms with Crippen molar-refractivity contribution in [1.29, 1.82) is 5.26 Å². The molecule has 1 saturated heterocycles. The molecule has 1 aromatic carbocycles. The number of rotatable bonds is 3. The Balaban J connectivity index is 2.14. The summed E-state index contributed by atoms with van der Waals surface area (Å²) in [5, 5.41) is 20.0. The number of likely N-dealkylation sites (tertiary alicyclic amines) is 1. The Morgan fingerprint density at radius 3 is 2.63 bits per heavy atom. The molecule has 0 atom stereocenters. The van der Waals surface area contributed by atoms with E-state index in [1.54, 1.807) is 12.1 Å². The van der Waals surface area contributed by atoms with Gasteiger partial charge in [0.15, 0.2) is 0 Å². The molecule has 0 saturated carbocycles. The van der Waals surface area contributed by atoms with Gasteiger partial charge >= 0.3 is 0 Å². The second-order valence-electron chi connectivity index (χ2n) is 5.18. The largest absolute Gasteiger partial charge is 0.385 e. The summed E-state index contributed by atoms with van der Waals surface area (Å²) in [7, 11) is 0. The third kappa shape index (κ3) is 3.09. The Morgan fingerprint density at radius 1 is 1.42 bits per heavy atom. The molecule has 1 aliphatic heterocycles. The molecule has 1 aliphatic rings. The quantitative estimate of drug-likeness (QED) is 0.925. The first-order chi connectivity index (χ1) is 9.09. The molecule has 0 unspecified atom stereocenters.